The van der Waals surface area contributed by atoms with Gasteiger partial charge in [0.15, 0.2) is 0 Å². The van der Waals surface area contributed by atoms with Gasteiger partial charge in [0.25, 0.3) is 11.1 Å². The minimum atomic E-state index is -0.432. The lowest BCUT2D eigenvalue weighted by Crippen LogP contribution is -2.26. The maximum absolute atomic E-state index is 13.3. The van der Waals surface area contributed by atoms with Crippen molar-refractivity contribution in [3.8, 4) is 23.0 Å². The van der Waals surface area contributed by atoms with Gasteiger partial charge in [-0.1, -0.05) is 36.0 Å². The van der Waals surface area contributed by atoms with Crippen molar-refractivity contribution in [1.82, 2.24) is 10.4 Å². The number of ether oxygens (including phenoxy) is 3. The SMILES string of the molecule is COc1cc(/C=C(/C(=O)N(C)OC)c2cccc(Oc3ccc(CC4SC(=O)NC4=O)cc3)c2)cc(OC)c1. The topological polar surface area (TPSA) is 103 Å². The van der Waals surface area contributed by atoms with E-state index < -0.39 is 5.25 Å². The van der Waals surface area contributed by atoms with Crippen LogP contribution in [0, 0.1) is 0 Å². The molecule has 1 unspecified atom stereocenters. The predicted octanol–water partition coefficient (Wildman–Crippen LogP) is 4.95. The zero-order valence-electron chi connectivity index (χ0n) is 21.9. The third kappa shape index (κ3) is 6.98. The van der Waals surface area contributed by atoms with Gasteiger partial charge in [0.05, 0.1) is 26.6 Å². The van der Waals surface area contributed by atoms with E-state index in [-0.39, 0.29) is 17.1 Å². The van der Waals surface area contributed by atoms with Gasteiger partial charge >= 0.3 is 0 Å². The van der Waals surface area contributed by atoms with E-state index >= 15 is 0 Å². The maximum Gasteiger partial charge on any atom is 0.286 e. The smallest absolute Gasteiger partial charge is 0.286 e. The first kappa shape index (κ1) is 27.7. The number of methoxy groups -OCH3 is 2. The molecular formula is C29H28N2O7S. The van der Waals surface area contributed by atoms with Gasteiger partial charge in [-0.15, -0.1) is 0 Å². The Morgan fingerprint density at radius 1 is 0.923 bits per heavy atom. The second kappa shape index (κ2) is 12.5. The number of hydrogen-bond acceptors (Lipinski definition) is 8. The van der Waals surface area contributed by atoms with Crippen LogP contribution in [-0.2, 0) is 20.8 Å². The Kier molecular flexibility index (Phi) is 8.90. The minimum Gasteiger partial charge on any atom is -0.497 e. The molecule has 0 saturated carbocycles. The van der Waals surface area contributed by atoms with Crippen LogP contribution in [0.1, 0.15) is 16.7 Å². The van der Waals surface area contributed by atoms with E-state index in [1.54, 1.807) is 68.8 Å². The van der Waals surface area contributed by atoms with Crippen LogP contribution in [-0.4, -0.2) is 55.7 Å². The number of likely N-dealkylation sites (N-methyl/N-ethyl adjacent to an activating group) is 1. The van der Waals surface area contributed by atoms with Crippen LogP contribution in [0.4, 0.5) is 4.79 Å². The summed E-state index contributed by atoms with van der Waals surface area (Å²) < 4.78 is 16.8. The molecule has 0 bridgehead atoms. The molecule has 1 aliphatic heterocycles. The molecule has 1 fully saturated rings. The molecule has 9 nitrogen and oxygen atoms in total. The Hall–Kier alpha value is -4.28. The normalized spacial score (nSPS) is 15.1. The molecule has 4 rings (SSSR count). The monoisotopic (exact) mass is 548 g/mol. The van der Waals surface area contributed by atoms with Crippen LogP contribution in [0.3, 0.4) is 0 Å². The number of amides is 3. The summed E-state index contributed by atoms with van der Waals surface area (Å²) in [5.74, 6) is 1.66. The summed E-state index contributed by atoms with van der Waals surface area (Å²) in [5, 5.41) is 2.69. The van der Waals surface area contributed by atoms with Crippen molar-refractivity contribution in [3.05, 3.63) is 83.4 Å². The summed E-state index contributed by atoms with van der Waals surface area (Å²) in [7, 11) is 6.08. The van der Waals surface area contributed by atoms with Crippen LogP contribution in [0.2, 0.25) is 0 Å². The molecule has 0 aliphatic carbocycles. The van der Waals surface area contributed by atoms with Gasteiger partial charge in [-0.2, -0.15) is 0 Å². The standard InChI is InChI=1S/C29H28N2O7S/c1-31(37-4)28(33)25(14-19-12-23(35-2)17-24(13-19)36-3)20-6-5-7-22(16-20)38-21-10-8-18(9-11-21)15-26-27(32)30-29(34)39-26/h5-14,16-17,26H,15H2,1-4H3,(H,30,32,34)/b25-14+. The van der Waals surface area contributed by atoms with Crippen LogP contribution in [0.25, 0.3) is 11.6 Å². The minimum absolute atomic E-state index is 0.271. The van der Waals surface area contributed by atoms with Gasteiger partial charge in [-0.05, 0) is 65.6 Å². The van der Waals surface area contributed by atoms with Crippen LogP contribution in [0.5, 0.6) is 23.0 Å². The average molecular weight is 549 g/mol. The summed E-state index contributed by atoms with van der Waals surface area (Å²) in [6, 6.07) is 19.8. The highest BCUT2D eigenvalue weighted by molar-refractivity contribution is 8.15. The fourth-order valence-electron chi connectivity index (χ4n) is 3.90. The Labute approximate surface area is 230 Å². The number of imide groups is 1. The molecule has 1 N–H and O–H groups in total. The number of benzene rings is 3. The number of hydrogen-bond donors (Lipinski definition) is 1. The molecule has 0 radical (unpaired) electrons. The van der Waals surface area contributed by atoms with E-state index in [0.717, 1.165) is 22.4 Å². The zero-order chi connectivity index (χ0) is 27.9. The van der Waals surface area contributed by atoms with Gasteiger partial charge < -0.3 is 14.2 Å². The highest BCUT2D eigenvalue weighted by atomic mass is 32.2. The first-order chi connectivity index (χ1) is 18.8. The average Bonchev–Trinajstić information content (AvgIpc) is 3.27. The van der Waals surface area contributed by atoms with E-state index in [2.05, 4.69) is 5.32 Å². The summed E-state index contributed by atoms with van der Waals surface area (Å²) in [6.45, 7) is 0. The van der Waals surface area contributed by atoms with Gasteiger partial charge in [-0.3, -0.25) is 24.5 Å². The quantitative estimate of drug-likeness (QED) is 0.216. The molecule has 1 aliphatic rings. The highest BCUT2D eigenvalue weighted by Crippen LogP contribution is 2.30. The molecule has 39 heavy (non-hydrogen) atoms. The number of hydroxylamine groups is 2. The van der Waals surface area contributed by atoms with Crippen molar-refractivity contribution < 1.29 is 33.4 Å². The first-order valence-electron chi connectivity index (χ1n) is 11.9. The van der Waals surface area contributed by atoms with E-state index in [9.17, 15) is 14.4 Å². The van der Waals surface area contributed by atoms with Gasteiger partial charge in [-0.25, -0.2) is 5.06 Å². The first-order valence-corrected chi connectivity index (χ1v) is 12.8. The molecular weight excluding hydrogens is 520 g/mol. The molecule has 202 valence electrons. The second-order valence-electron chi connectivity index (χ2n) is 8.55. The summed E-state index contributed by atoms with van der Waals surface area (Å²) >= 11 is 1.000. The maximum atomic E-state index is 13.3. The fraction of sp³-hybridized carbons (Fsp3) is 0.207. The number of thioether (sulfide) groups is 1. The van der Waals surface area contributed by atoms with Crippen molar-refractivity contribution in [3.63, 3.8) is 0 Å². The fourth-order valence-corrected chi connectivity index (χ4v) is 4.76. The number of nitrogens with one attached hydrogen (secondary N) is 1. The van der Waals surface area contributed by atoms with Crippen molar-refractivity contribution in [2.45, 2.75) is 11.7 Å². The lowest BCUT2D eigenvalue weighted by molar-refractivity contribution is -0.161. The van der Waals surface area contributed by atoms with E-state index in [1.165, 1.54) is 14.2 Å². The molecule has 1 heterocycles. The van der Waals surface area contributed by atoms with Crippen LogP contribution in [0.15, 0.2) is 66.7 Å². The molecule has 3 aromatic rings. The summed E-state index contributed by atoms with van der Waals surface area (Å²) in [6.07, 6.45) is 2.18. The third-order valence-corrected chi connectivity index (χ3v) is 6.95. The van der Waals surface area contributed by atoms with E-state index in [0.29, 0.717) is 46.1 Å². The zero-order valence-corrected chi connectivity index (χ0v) is 22.7. The Morgan fingerprint density at radius 2 is 1.62 bits per heavy atom. The molecule has 10 heteroatoms. The number of carbonyl (C=O) groups is 3. The Morgan fingerprint density at radius 3 is 2.21 bits per heavy atom. The Bertz CT molecular complexity index is 1380. The van der Waals surface area contributed by atoms with Crippen molar-refractivity contribution in [2.24, 2.45) is 0 Å². The van der Waals surface area contributed by atoms with Gasteiger partial charge in [0, 0.05) is 18.7 Å². The third-order valence-electron chi connectivity index (χ3n) is 5.97. The summed E-state index contributed by atoms with van der Waals surface area (Å²) in [5.41, 5.74) is 2.61. The lowest BCUT2D eigenvalue weighted by atomic mass is 10.0. The number of rotatable bonds is 10. The van der Waals surface area contributed by atoms with Crippen molar-refractivity contribution in [2.75, 3.05) is 28.4 Å². The van der Waals surface area contributed by atoms with Gasteiger partial charge in [0.2, 0.25) is 5.91 Å². The second-order valence-corrected chi connectivity index (χ2v) is 9.73. The van der Waals surface area contributed by atoms with Crippen LogP contribution >= 0.6 is 11.8 Å². The lowest BCUT2D eigenvalue weighted by Gasteiger charge is -2.17. The number of nitrogens with zero attached hydrogens (tertiary/aromatic N) is 1. The largest absolute Gasteiger partial charge is 0.497 e. The van der Waals surface area contributed by atoms with Crippen molar-refractivity contribution in [1.29, 1.82) is 0 Å². The molecule has 1 atom stereocenters. The summed E-state index contributed by atoms with van der Waals surface area (Å²) in [4.78, 5) is 41.7. The van der Waals surface area contributed by atoms with Crippen molar-refractivity contribution >= 4 is 40.5 Å². The van der Waals surface area contributed by atoms with Crippen LogP contribution < -0.4 is 19.5 Å². The van der Waals surface area contributed by atoms with E-state index in [1.807, 2.05) is 18.2 Å². The van der Waals surface area contributed by atoms with Gasteiger partial charge in [0.1, 0.15) is 23.0 Å². The Balaban J connectivity index is 1.59. The molecule has 0 aromatic heterocycles. The number of carbonyl (C=O) groups excluding carboxylic acids is 3. The highest BCUT2D eigenvalue weighted by Gasteiger charge is 2.31. The predicted molar refractivity (Wildman–Crippen MR) is 149 cm³/mol. The molecule has 1 saturated heterocycles. The molecule has 3 aromatic carbocycles. The van der Waals surface area contributed by atoms with E-state index in [4.69, 9.17) is 19.0 Å². The molecule has 3 amide bonds. The molecule has 0 spiro atoms.